The molecule has 106 valence electrons. The van der Waals surface area contributed by atoms with Gasteiger partial charge in [0.05, 0.1) is 15.8 Å². The average molecular weight is 346 g/mol. The summed E-state index contributed by atoms with van der Waals surface area (Å²) in [4.78, 5) is 0.279. The van der Waals surface area contributed by atoms with Crippen LogP contribution in [0.15, 0.2) is 27.6 Å². The number of nitrogens with two attached hydrogens (primary N) is 1. The zero-order valence-corrected chi connectivity index (χ0v) is 13.5. The molecule has 1 aromatic carbocycles. The average Bonchev–Trinajstić information content (AvgIpc) is 2.41. The van der Waals surface area contributed by atoms with Crippen molar-refractivity contribution in [2.75, 3.05) is 5.73 Å². The maximum Gasteiger partial charge on any atom is 0.183 e. The molecule has 1 saturated carbocycles. The van der Waals surface area contributed by atoms with E-state index in [0.29, 0.717) is 11.6 Å². The third-order valence-corrected chi connectivity index (χ3v) is 6.90. The molecule has 19 heavy (non-hydrogen) atoms. The van der Waals surface area contributed by atoms with E-state index in [9.17, 15) is 8.42 Å². The standard InChI is InChI=1S/C14H20BrNO2S/c1-2-10-3-6-12(7-4-10)19(17,18)14-9-11(15)5-8-13(14)16/h5,8-10,12H,2-4,6-7,16H2,1H3. The molecule has 0 amide bonds. The lowest BCUT2D eigenvalue weighted by Crippen LogP contribution is -2.27. The number of anilines is 1. The van der Waals surface area contributed by atoms with Crippen molar-refractivity contribution < 1.29 is 8.42 Å². The summed E-state index contributed by atoms with van der Waals surface area (Å²) in [6.07, 6.45) is 4.67. The van der Waals surface area contributed by atoms with Crippen LogP contribution in [-0.2, 0) is 9.84 Å². The number of rotatable bonds is 3. The van der Waals surface area contributed by atoms with Crippen LogP contribution in [0.1, 0.15) is 39.0 Å². The molecule has 0 aliphatic heterocycles. The molecule has 2 rings (SSSR count). The van der Waals surface area contributed by atoms with Gasteiger partial charge in [0, 0.05) is 4.47 Å². The van der Waals surface area contributed by atoms with E-state index in [2.05, 4.69) is 22.9 Å². The van der Waals surface area contributed by atoms with Crippen LogP contribution in [0.25, 0.3) is 0 Å². The van der Waals surface area contributed by atoms with Gasteiger partial charge in [-0.25, -0.2) is 8.42 Å². The van der Waals surface area contributed by atoms with Gasteiger partial charge in [0.1, 0.15) is 0 Å². The van der Waals surface area contributed by atoms with Gasteiger partial charge in [-0.15, -0.1) is 0 Å². The molecule has 2 N–H and O–H groups in total. The van der Waals surface area contributed by atoms with E-state index in [1.54, 1.807) is 18.2 Å². The molecular formula is C14H20BrNO2S. The Labute approximate surface area is 123 Å². The lowest BCUT2D eigenvalue weighted by molar-refractivity contribution is 0.348. The van der Waals surface area contributed by atoms with E-state index in [4.69, 9.17) is 5.73 Å². The van der Waals surface area contributed by atoms with E-state index in [-0.39, 0.29) is 10.1 Å². The minimum atomic E-state index is -3.30. The second-order valence-electron chi connectivity index (χ2n) is 5.28. The summed E-state index contributed by atoms with van der Waals surface area (Å²) < 4.78 is 26.1. The fourth-order valence-corrected chi connectivity index (χ4v) is 5.24. The molecular weight excluding hydrogens is 326 g/mol. The zero-order valence-electron chi connectivity index (χ0n) is 11.1. The Kier molecular flexibility index (Phi) is 4.56. The smallest absolute Gasteiger partial charge is 0.183 e. The number of benzene rings is 1. The van der Waals surface area contributed by atoms with Crippen molar-refractivity contribution in [2.24, 2.45) is 5.92 Å². The molecule has 0 saturated heterocycles. The van der Waals surface area contributed by atoms with E-state index in [1.165, 1.54) is 0 Å². The third kappa shape index (κ3) is 3.14. The van der Waals surface area contributed by atoms with Crippen LogP contribution in [0.2, 0.25) is 0 Å². The Morgan fingerprint density at radius 2 is 1.89 bits per heavy atom. The van der Waals surface area contributed by atoms with Crippen LogP contribution in [-0.4, -0.2) is 13.7 Å². The third-order valence-electron chi connectivity index (χ3n) is 4.09. The SMILES string of the molecule is CCC1CCC(S(=O)(=O)c2cc(Br)ccc2N)CC1. The molecule has 1 aliphatic carbocycles. The number of hydrogen-bond acceptors (Lipinski definition) is 3. The largest absolute Gasteiger partial charge is 0.398 e. The van der Waals surface area contributed by atoms with Gasteiger partial charge in [0.25, 0.3) is 0 Å². The van der Waals surface area contributed by atoms with Crippen molar-refractivity contribution in [3.05, 3.63) is 22.7 Å². The van der Waals surface area contributed by atoms with Crippen molar-refractivity contribution in [3.8, 4) is 0 Å². The molecule has 1 aliphatic rings. The molecule has 0 bridgehead atoms. The second kappa shape index (κ2) is 5.83. The summed E-state index contributed by atoms with van der Waals surface area (Å²) in [5.41, 5.74) is 6.18. The molecule has 0 atom stereocenters. The normalized spacial score (nSPS) is 24.3. The van der Waals surface area contributed by atoms with Gasteiger partial charge in [0.2, 0.25) is 0 Å². The molecule has 0 aromatic heterocycles. The molecule has 1 fully saturated rings. The van der Waals surface area contributed by atoms with Crippen molar-refractivity contribution in [1.82, 2.24) is 0 Å². The molecule has 0 unspecified atom stereocenters. The summed E-state index contributed by atoms with van der Waals surface area (Å²) in [6, 6.07) is 5.04. The lowest BCUT2D eigenvalue weighted by atomic mass is 9.87. The van der Waals surface area contributed by atoms with Crippen LogP contribution in [0.4, 0.5) is 5.69 Å². The molecule has 0 spiro atoms. The summed E-state index contributed by atoms with van der Waals surface area (Å²) >= 11 is 3.31. The molecule has 5 heteroatoms. The lowest BCUT2D eigenvalue weighted by Gasteiger charge is -2.27. The Morgan fingerprint density at radius 1 is 1.26 bits per heavy atom. The van der Waals surface area contributed by atoms with Gasteiger partial charge < -0.3 is 5.73 Å². The molecule has 0 radical (unpaired) electrons. The Hall–Kier alpha value is -0.550. The maximum absolute atomic E-state index is 12.7. The molecule has 1 aromatic rings. The topological polar surface area (TPSA) is 60.2 Å². The summed E-state index contributed by atoms with van der Waals surface area (Å²) in [7, 11) is -3.30. The van der Waals surface area contributed by atoms with E-state index in [1.807, 2.05) is 0 Å². The highest BCUT2D eigenvalue weighted by Gasteiger charge is 2.32. The van der Waals surface area contributed by atoms with Gasteiger partial charge in [-0.3, -0.25) is 0 Å². The number of nitrogen functional groups attached to an aromatic ring is 1. The highest BCUT2D eigenvalue weighted by molar-refractivity contribution is 9.10. The van der Waals surface area contributed by atoms with Gasteiger partial charge in [-0.05, 0) is 49.8 Å². The first-order valence-corrected chi connectivity index (χ1v) is 9.08. The van der Waals surface area contributed by atoms with Crippen LogP contribution in [0, 0.1) is 5.92 Å². The van der Waals surface area contributed by atoms with Gasteiger partial charge in [-0.2, -0.15) is 0 Å². The van der Waals surface area contributed by atoms with Crippen molar-refractivity contribution in [3.63, 3.8) is 0 Å². The number of hydrogen-bond donors (Lipinski definition) is 1. The van der Waals surface area contributed by atoms with Gasteiger partial charge >= 0.3 is 0 Å². The predicted molar refractivity (Wildman–Crippen MR) is 81.8 cm³/mol. The maximum atomic E-state index is 12.7. The summed E-state index contributed by atoms with van der Waals surface area (Å²) in [5, 5.41) is -0.271. The fraction of sp³-hybridized carbons (Fsp3) is 0.571. The van der Waals surface area contributed by atoms with E-state index >= 15 is 0 Å². The Morgan fingerprint density at radius 3 is 2.47 bits per heavy atom. The van der Waals surface area contributed by atoms with Crippen molar-refractivity contribution >= 4 is 31.5 Å². The van der Waals surface area contributed by atoms with E-state index < -0.39 is 9.84 Å². The first-order valence-electron chi connectivity index (χ1n) is 6.74. The van der Waals surface area contributed by atoms with Crippen LogP contribution in [0.3, 0.4) is 0 Å². The Balaban J connectivity index is 2.26. The van der Waals surface area contributed by atoms with E-state index in [0.717, 1.165) is 36.6 Å². The number of halogens is 1. The van der Waals surface area contributed by atoms with Crippen molar-refractivity contribution in [1.29, 1.82) is 0 Å². The second-order valence-corrected chi connectivity index (χ2v) is 8.39. The minimum absolute atomic E-state index is 0.271. The molecule has 3 nitrogen and oxygen atoms in total. The highest BCUT2D eigenvalue weighted by atomic mass is 79.9. The van der Waals surface area contributed by atoms with Crippen molar-refractivity contribution in [2.45, 2.75) is 49.2 Å². The predicted octanol–water partition coefficient (Wildman–Crippen LogP) is 3.77. The quantitative estimate of drug-likeness (QED) is 0.848. The Bertz CT molecular complexity index is 549. The number of sulfone groups is 1. The first kappa shape index (κ1) is 14.9. The molecule has 0 heterocycles. The summed E-state index contributed by atoms with van der Waals surface area (Å²) in [6.45, 7) is 2.17. The monoisotopic (exact) mass is 345 g/mol. The zero-order chi connectivity index (χ0) is 14.0. The first-order chi connectivity index (χ1) is 8.95. The minimum Gasteiger partial charge on any atom is -0.398 e. The highest BCUT2D eigenvalue weighted by Crippen LogP contribution is 2.35. The van der Waals surface area contributed by atoms with Crippen LogP contribution in [0.5, 0.6) is 0 Å². The summed E-state index contributed by atoms with van der Waals surface area (Å²) in [5.74, 6) is 0.686. The van der Waals surface area contributed by atoms with Gasteiger partial charge in [0.15, 0.2) is 9.84 Å². The van der Waals surface area contributed by atoms with Gasteiger partial charge in [-0.1, -0.05) is 29.3 Å². The van der Waals surface area contributed by atoms with Crippen LogP contribution < -0.4 is 5.73 Å². The fourth-order valence-electron chi connectivity index (χ4n) is 2.78. The van der Waals surface area contributed by atoms with Crippen LogP contribution >= 0.6 is 15.9 Å².